The van der Waals surface area contributed by atoms with Gasteiger partial charge in [0.1, 0.15) is 0 Å². The Labute approximate surface area is 99.5 Å². The zero-order valence-corrected chi connectivity index (χ0v) is 9.85. The molecule has 6 heteroatoms. The summed E-state index contributed by atoms with van der Waals surface area (Å²) >= 11 is 3.16. The van der Waals surface area contributed by atoms with Gasteiger partial charge in [-0.25, -0.2) is 0 Å². The van der Waals surface area contributed by atoms with E-state index in [9.17, 15) is 13.2 Å². The van der Waals surface area contributed by atoms with Crippen molar-refractivity contribution < 1.29 is 13.2 Å². The third kappa shape index (κ3) is 2.27. The third-order valence-corrected chi connectivity index (χ3v) is 2.85. The zero-order valence-electron chi connectivity index (χ0n) is 8.26. The highest BCUT2D eigenvalue weighted by Crippen LogP contribution is 2.37. The molecule has 1 aromatic rings. The van der Waals surface area contributed by atoms with E-state index in [1.54, 1.807) is 6.07 Å². The van der Waals surface area contributed by atoms with E-state index in [1.807, 2.05) is 0 Å². The number of aliphatic imine (C=N–C) groups is 1. The van der Waals surface area contributed by atoms with Crippen molar-refractivity contribution in [3.8, 4) is 0 Å². The normalized spacial score (nSPS) is 15.6. The van der Waals surface area contributed by atoms with Crippen LogP contribution in [0.5, 0.6) is 0 Å². The van der Waals surface area contributed by atoms with Crippen LogP contribution in [0.2, 0.25) is 0 Å². The maximum Gasteiger partial charge on any atom is 0.431 e. The van der Waals surface area contributed by atoms with Crippen LogP contribution in [0.3, 0.4) is 0 Å². The van der Waals surface area contributed by atoms with Crippen molar-refractivity contribution in [1.82, 2.24) is 0 Å². The molecule has 16 heavy (non-hydrogen) atoms. The van der Waals surface area contributed by atoms with Gasteiger partial charge < -0.3 is 0 Å². The molecule has 0 saturated heterocycles. The zero-order chi connectivity index (χ0) is 12.4. The lowest BCUT2D eigenvalue weighted by atomic mass is 9.98. The topological polar surface area (TPSA) is 38.4 Å². The SMILES string of the molecule is C=NC(N)(c1cccc(CBr)c1)C(F)(F)F. The van der Waals surface area contributed by atoms with Crippen LogP contribution in [-0.2, 0) is 11.0 Å². The number of alkyl halides is 4. The summed E-state index contributed by atoms with van der Waals surface area (Å²) < 4.78 is 38.3. The first-order chi connectivity index (χ1) is 7.35. The molecule has 1 atom stereocenters. The number of nitrogens with two attached hydrogens (primary N) is 1. The minimum atomic E-state index is -4.67. The number of nitrogens with zero attached hydrogens (tertiary/aromatic N) is 1. The van der Waals surface area contributed by atoms with Crippen molar-refractivity contribution in [2.45, 2.75) is 17.2 Å². The second-order valence-electron chi connectivity index (χ2n) is 3.26. The molecule has 0 aliphatic heterocycles. The van der Waals surface area contributed by atoms with Crippen molar-refractivity contribution in [2.24, 2.45) is 10.7 Å². The number of rotatable bonds is 3. The Kier molecular flexibility index (Phi) is 3.75. The summed E-state index contributed by atoms with van der Waals surface area (Å²) in [6, 6.07) is 5.84. The minimum Gasteiger partial charge on any atom is -0.296 e. The lowest BCUT2D eigenvalue weighted by molar-refractivity contribution is -0.186. The Morgan fingerprint density at radius 3 is 2.44 bits per heavy atom. The summed E-state index contributed by atoms with van der Waals surface area (Å²) in [6.07, 6.45) is -4.67. The number of hydrogen-bond acceptors (Lipinski definition) is 2. The summed E-state index contributed by atoms with van der Waals surface area (Å²) in [7, 11) is 0. The fraction of sp³-hybridized carbons (Fsp3) is 0.300. The second-order valence-corrected chi connectivity index (χ2v) is 3.82. The standard InChI is InChI=1S/C10H10BrF3N2/c1-16-9(15,10(12,13)14)8-4-2-3-7(5-8)6-11/h2-5H,1,6,15H2. The summed E-state index contributed by atoms with van der Waals surface area (Å²) in [5, 5.41) is 0.450. The van der Waals surface area contributed by atoms with Crippen LogP contribution in [0.25, 0.3) is 0 Å². The van der Waals surface area contributed by atoms with Gasteiger partial charge in [0, 0.05) is 10.9 Å². The molecule has 0 aliphatic rings. The number of halogens is 4. The van der Waals surface area contributed by atoms with Gasteiger partial charge in [-0.3, -0.25) is 10.7 Å². The molecule has 1 rings (SSSR count). The fourth-order valence-electron chi connectivity index (χ4n) is 1.24. The quantitative estimate of drug-likeness (QED) is 0.675. The molecule has 0 saturated carbocycles. The Balaban J connectivity index is 3.28. The molecular weight excluding hydrogens is 285 g/mol. The predicted molar refractivity (Wildman–Crippen MR) is 60.5 cm³/mol. The molecule has 0 bridgehead atoms. The Hall–Kier alpha value is -0.880. The molecule has 2 nitrogen and oxygen atoms in total. The molecule has 0 heterocycles. The number of benzene rings is 1. The highest BCUT2D eigenvalue weighted by Gasteiger charge is 2.53. The molecule has 0 fully saturated rings. The molecular formula is C10H10BrF3N2. The molecule has 0 aromatic heterocycles. The van der Waals surface area contributed by atoms with Crippen molar-refractivity contribution >= 4 is 22.6 Å². The van der Waals surface area contributed by atoms with Crippen LogP contribution >= 0.6 is 15.9 Å². The van der Waals surface area contributed by atoms with E-state index in [-0.39, 0.29) is 5.56 Å². The van der Waals surface area contributed by atoms with Gasteiger partial charge in [-0.2, -0.15) is 13.2 Å². The summed E-state index contributed by atoms with van der Waals surface area (Å²) in [4.78, 5) is 3.02. The Morgan fingerprint density at radius 2 is 2.00 bits per heavy atom. The second kappa shape index (κ2) is 4.55. The van der Waals surface area contributed by atoms with E-state index in [0.29, 0.717) is 10.9 Å². The first kappa shape index (κ1) is 13.2. The van der Waals surface area contributed by atoms with E-state index in [4.69, 9.17) is 5.73 Å². The third-order valence-electron chi connectivity index (χ3n) is 2.20. The Bertz CT molecular complexity index is 392. The maximum absolute atomic E-state index is 12.8. The Morgan fingerprint density at radius 1 is 1.38 bits per heavy atom. The van der Waals surface area contributed by atoms with E-state index in [1.165, 1.54) is 18.2 Å². The minimum absolute atomic E-state index is 0.119. The van der Waals surface area contributed by atoms with Crippen LogP contribution in [0.4, 0.5) is 13.2 Å². The van der Waals surface area contributed by atoms with Crippen LogP contribution in [0.1, 0.15) is 11.1 Å². The fourth-order valence-corrected chi connectivity index (χ4v) is 1.58. The molecule has 0 amide bonds. The van der Waals surface area contributed by atoms with E-state index < -0.39 is 11.8 Å². The van der Waals surface area contributed by atoms with Crippen molar-refractivity contribution in [1.29, 1.82) is 0 Å². The average molecular weight is 295 g/mol. The largest absolute Gasteiger partial charge is 0.431 e. The van der Waals surface area contributed by atoms with E-state index in [0.717, 1.165) is 0 Å². The summed E-state index contributed by atoms with van der Waals surface area (Å²) in [5.41, 5.74) is 3.08. The van der Waals surface area contributed by atoms with Gasteiger partial charge in [0.05, 0.1) is 0 Å². The molecule has 0 aliphatic carbocycles. The van der Waals surface area contributed by atoms with Gasteiger partial charge in [-0.1, -0.05) is 40.2 Å². The molecule has 0 radical (unpaired) electrons. The highest BCUT2D eigenvalue weighted by atomic mass is 79.9. The van der Waals surface area contributed by atoms with Gasteiger partial charge in [-0.05, 0) is 12.3 Å². The van der Waals surface area contributed by atoms with Gasteiger partial charge >= 0.3 is 6.18 Å². The van der Waals surface area contributed by atoms with Gasteiger partial charge in [0.2, 0.25) is 5.66 Å². The molecule has 88 valence electrons. The van der Waals surface area contributed by atoms with Crippen molar-refractivity contribution in [3.63, 3.8) is 0 Å². The first-order valence-corrected chi connectivity index (χ1v) is 5.46. The van der Waals surface area contributed by atoms with Crippen LogP contribution in [0, 0.1) is 0 Å². The van der Waals surface area contributed by atoms with Gasteiger partial charge in [0.25, 0.3) is 0 Å². The monoisotopic (exact) mass is 294 g/mol. The molecule has 1 unspecified atom stereocenters. The first-order valence-electron chi connectivity index (χ1n) is 4.34. The van der Waals surface area contributed by atoms with Crippen LogP contribution in [0.15, 0.2) is 29.3 Å². The smallest absolute Gasteiger partial charge is 0.296 e. The summed E-state index contributed by atoms with van der Waals surface area (Å²) in [5.74, 6) is 0. The van der Waals surface area contributed by atoms with Crippen molar-refractivity contribution in [3.05, 3.63) is 35.4 Å². The van der Waals surface area contributed by atoms with Crippen molar-refractivity contribution in [2.75, 3.05) is 0 Å². The van der Waals surface area contributed by atoms with Crippen LogP contribution in [-0.4, -0.2) is 12.9 Å². The van der Waals surface area contributed by atoms with Gasteiger partial charge in [-0.15, -0.1) is 0 Å². The molecule has 0 spiro atoms. The van der Waals surface area contributed by atoms with E-state index >= 15 is 0 Å². The number of hydrogen-bond donors (Lipinski definition) is 1. The summed E-state index contributed by atoms with van der Waals surface area (Å²) in [6.45, 7) is 2.92. The van der Waals surface area contributed by atoms with Gasteiger partial charge in [0.15, 0.2) is 0 Å². The lowest BCUT2D eigenvalue weighted by Crippen LogP contribution is -2.48. The lowest BCUT2D eigenvalue weighted by Gasteiger charge is -2.28. The highest BCUT2D eigenvalue weighted by molar-refractivity contribution is 9.08. The predicted octanol–water partition coefficient (Wildman–Crippen LogP) is 2.96. The van der Waals surface area contributed by atoms with Crippen LogP contribution < -0.4 is 5.73 Å². The average Bonchev–Trinajstić information content (AvgIpc) is 2.26. The van der Waals surface area contributed by atoms with E-state index in [2.05, 4.69) is 27.6 Å². The molecule has 1 aromatic carbocycles. The molecule has 2 N–H and O–H groups in total. The maximum atomic E-state index is 12.8.